The molecule has 0 radical (unpaired) electrons. The summed E-state index contributed by atoms with van der Waals surface area (Å²) in [4.78, 5) is 32.5. The van der Waals surface area contributed by atoms with Crippen LogP contribution in [0.25, 0.3) is 11.5 Å². The lowest BCUT2D eigenvalue weighted by atomic mass is 10.1. The third kappa shape index (κ3) is 3.87. The second-order valence-electron chi connectivity index (χ2n) is 6.50. The van der Waals surface area contributed by atoms with Crippen LogP contribution in [-0.4, -0.2) is 52.9 Å². The maximum absolute atomic E-state index is 12.6. The summed E-state index contributed by atoms with van der Waals surface area (Å²) in [6, 6.07) is 5.33. The Morgan fingerprint density at radius 2 is 2.12 bits per heavy atom. The van der Waals surface area contributed by atoms with E-state index in [0.717, 1.165) is 23.2 Å². The molecule has 0 saturated carbocycles. The number of carbonyl (C=O) groups excluding carboxylic acids is 2. The second kappa shape index (κ2) is 7.59. The van der Waals surface area contributed by atoms with Crippen LogP contribution >= 0.6 is 0 Å². The molecule has 2 heterocycles. The standard InChI is InChI=1S/C19H24N4O3/c1-4-22-8-5-9-23(11-17(22)24)19(25)21-15-7-6-13(2)16(10-15)18-20-14(3)12-26-18/h6-7,10,12H,4-5,8-9,11H2,1-3H3,(H,21,25). The van der Waals surface area contributed by atoms with Crippen molar-refractivity contribution >= 4 is 17.6 Å². The van der Waals surface area contributed by atoms with Crippen LogP contribution in [0.4, 0.5) is 10.5 Å². The highest BCUT2D eigenvalue weighted by atomic mass is 16.3. The first-order valence-corrected chi connectivity index (χ1v) is 8.84. The first-order chi connectivity index (χ1) is 12.5. The number of anilines is 1. The van der Waals surface area contributed by atoms with Gasteiger partial charge in [0.2, 0.25) is 11.8 Å². The Hall–Kier alpha value is -2.83. The number of benzene rings is 1. The van der Waals surface area contributed by atoms with Crippen LogP contribution in [0.15, 0.2) is 28.9 Å². The van der Waals surface area contributed by atoms with Gasteiger partial charge in [0.25, 0.3) is 0 Å². The molecule has 1 N–H and O–H groups in total. The number of likely N-dealkylation sites (N-methyl/N-ethyl adjacent to an activating group) is 1. The van der Waals surface area contributed by atoms with Gasteiger partial charge in [-0.05, 0) is 44.9 Å². The van der Waals surface area contributed by atoms with Crippen molar-refractivity contribution in [1.29, 1.82) is 0 Å². The van der Waals surface area contributed by atoms with Crippen LogP contribution in [0.1, 0.15) is 24.6 Å². The fourth-order valence-electron chi connectivity index (χ4n) is 3.04. The number of carbonyl (C=O) groups is 2. The molecule has 0 bridgehead atoms. The molecule has 1 aromatic heterocycles. The van der Waals surface area contributed by atoms with E-state index < -0.39 is 0 Å². The Kier molecular flexibility index (Phi) is 5.25. The van der Waals surface area contributed by atoms with Crippen molar-refractivity contribution in [2.75, 3.05) is 31.5 Å². The Morgan fingerprint density at radius 3 is 2.81 bits per heavy atom. The van der Waals surface area contributed by atoms with E-state index in [2.05, 4.69) is 10.3 Å². The minimum atomic E-state index is -0.269. The van der Waals surface area contributed by atoms with E-state index >= 15 is 0 Å². The Balaban J connectivity index is 1.74. The van der Waals surface area contributed by atoms with Crippen molar-refractivity contribution in [3.63, 3.8) is 0 Å². The lowest BCUT2D eigenvalue weighted by Crippen LogP contribution is -2.41. The molecule has 2 aromatic rings. The van der Waals surface area contributed by atoms with Gasteiger partial charge in [0.05, 0.1) is 5.69 Å². The maximum atomic E-state index is 12.6. The van der Waals surface area contributed by atoms with Gasteiger partial charge in [-0.25, -0.2) is 9.78 Å². The van der Waals surface area contributed by atoms with Crippen molar-refractivity contribution in [2.24, 2.45) is 0 Å². The molecule has 26 heavy (non-hydrogen) atoms. The molecule has 0 atom stereocenters. The summed E-state index contributed by atoms with van der Waals surface area (Å²) in [6.45, 7) is 7.81. The van der Waals surface area contributed by atoms with Gasteiger partial charge in [-0.3, -0.25) is 4.79 Å². The van der Waals surface area contributed by atoms with E-state index in [-0.39, 0.29) is 18.5 Å². The summed E-state index contributed by atoms with van der Waals surface area (Å²) in [6.07, 6.45) is 2.38. The zero-order valence-electron chi connectivity index (χ0n) is 15.4. The van der Waals surface area contributed by atoms with E-state index in [9.17, 15) is 9.59 Å². The van der Waals surface area contributed by atoms with Crippen LogP contribution < -0.4 is 5.32 Å². The smallest absolute Gasteiger partial charge is 0.322 e. The molecular formula is C19H24N4O3. The molecule has 7 heteroatoms. The lowest BCUT2D eigenvalue weighted by molar-refractivity contribution is -0.130. The zero-order chi connectivity index (χ0) is 18.7. The Labute approximate surface area is 153 Å². The van der Waals surface area contributed by atoms with Gasteiger partial charge < -0.3 is 19.5 Å². The molecule has 0 unspecified atom stereocenters. The number of rotatable bonds is 3. The number of hydrogen-bond acceptors (Lipinski definition) is 4. The summed E-state index contributed by atoms with van der Waals surface area (Å²) < 4.78 is 5.48. The first kappa shape index (κ1) is 18.0. The topological polar surface area (TPSA) is 78.7 Å². The zero-order valence-corrected chi connectivity index (χ0v) is 15.4. The molecule has 0 aliphatic carbocycles. The molecule has 138 valence electrons. The number of nitrogens with one attached hydrogen (secondary N) is 1. The van der Waals surface area contributed by atoms with Crippen molar-refractivity contribution in [2.45, 2.75) is 27.2 Å². The predicted octanol–water partition coefficient (Wildman–Crippen LogP) is 3.04. The Bertz CT molecular complexity index is 815. The number of nitrogens with zero attached hydrogens (tertiary/aromatic N) is 3. The summed E-state index contributed by atoms with van der Waals surface area (Å²) in [7, 11) is 0. The number of aromatic nitrogens is 1. The average molecular weight is 356 g/mol. The normalized spacial score (nSPS) is 15.1. The van der Waals surface area contributed by atoms with E-state index in [1.807, 2.05) is 39.0 Å². The first-order valence-electron chi connectivity index (χ1n) is 8.84. The predicted molar refractivity (Wildman–Crippen MR) is 98.9 cm³/mol. The van der Waals surface area contributed by atoms with Crippen LogP contribution in [0.3, 0.4) is 0 Å². The van der Waals surface area contributed by atoms with E-state index in [0.29, 0.717) is 31.2 Å². The van der Waals surface area contributed by atoms with E-state index in [1.165, 1.54) is 0 Å². The molecule has 1 fully saturated rings. The van der Waals surface area contributed by atoms with Gasteiger partial charge in [0.1, 0.15) is 12.8 Å². The molecule has 1 aromatic carbocycles. The quantitative estimate of drug-likeness (QED) is 0.917. The summed E-state index contributed by atoms with van der Waals surface area (Å²) in [5, 5.41) is 2.88. The van der Waals surface area contributed by atoms with Crippen molar-refractivity contribution < 1.29 is 14.0 Å². The molecule has 3 rings (SSSR count). The summed E-state index contributed by atoms with van der Waals surface area (Å²) in [5.41, 5.74) is 3.29. The fourth-order valence-corrected chi connectivity index (χ4v) is 3.04. The molecular weight excluding hydrogens is 332 g/mol. The van der Waals surface area contributed by atoms with Crippen molar-refractivity contribution in [1.82, 2.24) is 14.8 Å². The third-order valence-electron chi connectivity index (χ3n) is 4.54. The SMILES string of the molecule is CCN1CCCN(C(=O)Nc2ccc(C)c(-c3nc(C)co3)c2)CC1=O. The Morgan fingerprint density at radius 1 is 1.31 bits per heavy atom. The van der Waals surface area contributed by atoms with Crippen LogP contribution in [-0.2, 0) is 4.79 Å². The van der Waals surface area contributed by atoms with Gasteiger partial charge in [0, 0.05) is 30.9 Å². The van der Waals surface area contributed by atoms with Crippen molar-refractivity contribution in [3.8, 4) is 11.5 Å². The van der Waals surface area contributed by atoms with Gasteiger partial charge in [-0.15, -0.1) is 0 Å². The molecule has 1 aliphatic rings. The van der Waals surface area contributed by atoms with Crippen LogP contribution in [0, 0.1) is 13.8 Å². The van der Waals surface area contributed by atoms with Gasteiger partial charge in [0.15, 0.2) is 0 Å². The van der Waals surface area contributed by atoms with E-state index in [4.69, 9.17) is 4.42 Å². The fraction of sp³-hybridized carbons (Fsp3) is 0.421. The molecule has 7 nitrogen and oxygen atoms in total. The minimum Gasteiger partial charge on any atom is -0.444 e. The number of urea groups is 1. The number of oxazole rings is 1. The lowest BCUT2D eigenvalue weighted by Gasteiger charge is -2.21. The van der Waals surface area contributed by atoms with Gasteiger partial charge in [-0.1, -0.05) is 6.07 Å². The maximum Gasteiger partial charge on any atom is 0.322 e. The minimum absolute atomic E-state index is 0.0139. The summed E-state index contributed by atoms with van der Waals surface area (Å²) in [5.74, 6) is 0.514. The largest absolute Gasteiger partial charge is 0.444 e. The van der Waals surface area contributed by atoms with Crippen molar-refractivity contribution in [3.05, 3.63) is 35.7 Å². The average Bonchev–Trinajstić information content (AvgIpc) is 2.95. The highest BCUT2D eigenvalue weighted by molar-refractivity contribution is 5.93. The van der Waals surface area contributed by atoms with Gasteiger partial charge in [-0.2, -0.15) is 0 Å². The third-order valence-corrected chi connectivity index (χ3v) is 4.54. The molecule has 3 amide bonds. The monoisotopic (exact) mass is 356 g/mol. The molecule has 1 aliphatic heterocycles. The van der Waals surface area contributed by atoms with Crippen LogP contribution in [0.5, 0.6) is 0 Å². The highest BCUT2D eigenvalue weighted by Crippen LogP contribution is 2.26. The van der Waals surface area contributed by atoms with Gasteiger partial charge >= 0.3 is 6.03 Å². The highest BCUT2D eigenvalue weighted by Gasteiger charge is 2.24. The number of aryl methyl sites for hydroxylation is 2. The van der Waals surface area contributed by atoms with Crippen LogP contribution in [0.2, 0.25) is 0 Å². The summed E-state index contributed by atoms with van der Waals surface area (Å²) >= 11 is 0. The van der Waals surface area contributed by atoms with E-state index in [1.54, 1.807) is 16.1 Å². The second-order valence-corrected chi connectivity index (χ2v) is 6.50. The number of hydrogen-bond donors (Lipinski definition) is 1. The molecule has 1 saturated heterocycles. The number of amides is 3. The molecule has 0 spiro atoms.